The zero-order chi connectivity index (χ0) is 17.4. The monoisotopic (exact) mass is 362 g/mol. The number of carbonyl (C=O) groups is 2. The molecule has 3 aliphatic heterocycles. The highest BCUT2D eigenvalue weighted by Gasteiger charge is 2.47. The Kier molecular flexibility index (Phi) is 4.50. The molecule has 1 aromatic rings. The molecule has 2 fully saturated rings. The molecular weight excluding hydrogens is 340 g/mol. The van der Waals surface area contributed by atoms with E-state index in [1.54, 1.807) is 4.90 Å². The summed E-state index contributed by atoms with van der Waals surface area (Å²) in [5.41, 5.74) is 3.54. The summed E-state index contributed by atoms with van der Waals surface area (Å²) in [6, 6.07) is 6.43. The second-order valence-electron chi connectivity index (χ2n) is 6.71. The van der Waals surface area contributed by atoms with Crippen molar-refractivity contribution in [3.63, 3.8) is 0 Å². The van der Waals surface area contributed by atoms with Crippen LogP contribution in [0.5, 0.6) is 0 Å². The molecule has 0 aliphatic carbocycles. The van der Waals surface area contributed by atoms with E-state index in [-0.39, 0.29) is 24.8 Å². The van der Waals surface area contributed by atoms with Gasteiger partial charge in [-0.05, 0) is 53.9 Å². The van der Waals surface area contributed by atoms with Crippen molar-refractivity contribution in [2.45, 2.75) is 37.3 Å². The molecule has 3 aliphatic rings. The van der Waals surface area contributed by atoms with Gasteiger partial charge in [-0.2, -0.15) is 11.8 Å². The van der Waals surface area contributed by atoms with Crippen LogP contribution in [0, 0.1) is 0 Å². The summed E-state index contributed by atoms with van der Waals surface area (Å²) >= 11 is 2.03. The number of rotatable bonds is 3. The Bertz CT molecular complexity index is 690. The highest BCUT2D eigenvalue weighted by atomic mass is 32.2. The number of carbonyl (C=O) groups excluding carboxylic acids is 2. The average molecular weight is 362 g/mol. The molecule has 2 amide bonds. The van der Waals surface area contributed by atoms with Gasteiger partial charge in [-0.25, -0.2) is 9.59 Å². The number of alkyl carbamates (subject to hydrolysis) is 1. The fourth-order valence-corrected chi connectivity index (χ4v) is 5.12. The van der Waals surface area contributed by atoms with Crippen LogP contribution in [0.2, 0.25) is 0 Å². The first-order valence-corrected chi connectivity index (χ1v) is 9.85. The van der Waals surface area contributed by atoms with E-state index in [1.165, 1.54) is 42.6 Å². The Hall–Kier alpha value is -1.89. The topological polar surface area (TPSA) is 67.9 Å². The number of methoxy groups -OCH3 is 1. The molecular formula is C18H22N2O4S. The van der Waals surface area contributed by atoms with Crippen molar-refractivity contribution in [3.05, 3.63) is 29.3 Å². The molecule has 0 aromatic heterocycles. The SMILES string of the molecule is COC(=O)NC[C@@H]1OC(=O)N2c3ccc(C4CCSCC4)cc3C[C@@H]12. The second kappa shape index (κ2) is 6.78. The third kappa shape index (κ3) is 3.05. The van der Waals surface area contributed by atoms with E-state index in [4.69, 9.17) is 4.74 Å². The third-order valence-electron chi connectivity index (χ3n) is 5.33. The van der Waals surface area contributed by atoms with Gasteiger partial charge >= 0.3 is 12.2 Å². The van der Waals surface area contributed by atoms with Crippen LogP contribution in [0.15, 0.2) is 18.2 Å². The van der Waals surface area contributed by atoms with E-state index in [2.05, 4.69) is 28.3 Å². The first kappa shape index (κ1) is 16.6. The Labute approximate surface area is 151 Å². The lowest BCUT2D eigenvalue weighted by atomic mass is 9.91. The molecule has 2 atom stereocenters. The van der Waals surface area contributed by atoms with Crippen LogP contribution in [0.1, 0.15) is 29.9 Å². The van der Waals surface area contributed by atoms with Crippen molar-refractivity contribution >= 4 is 29.6 Å². The van der Waals surface area contributed by atoms with E-state index in [9.17, 15) is 9.59 Å². The van der Waals surface area contributed by atoms with Crippen molar-refractivity contribution in [3.8, 4) is 0 Å². The molecule has 0 saturated carbocycles. The van der Waals surface area contributed by atoms with Crippen molar-refractivity contribution in [1.29, 1.82) is 0 Å². The van der Waals surface area contributed by atoms with E-state index in [0.29, 0.717) is 5.92 Å². The molecule has 7 heteroatoms. The summed E-state index contributed by atoms with van der Waals surface area (Å²) in [7, 11) is 1.32. The lowest BCUT2D eigenvalue weighted by Gasteiger charge is -2.22. The van der Waals surface area contributed by atoms with Gasteiger partial charge < -0.3 is 14.8 Å². The van der Waals surface area contributed by atoms with Crippen LogP contribution >= 0.6 is 11.8 Å². The van der Waals surface area contributed by atoms with Crippen LogP contribution in [0.4, 0.5) is 15.3 Å². The molecule has 25 heavy (non-hydrogen) atoms. The minimum absolute atomic E-state index is 0.0585. The van der Waals surface area contributed by atoms with Gasteiger partial charge in [0.2, 0.25) is 0 Å². The van der Waals surface area contributed by atoms with Crippen LogP contribution in [0.3, 0.4) is 0 Å². The van der Waals surface area contributed by atoms with Gasteiger partial charge in [-0.15, -0.1) is 0 Å². The van der Waals surface area contributed by atoms with Gasteiger partial charge in [-0.1, -0.05) is 12.1 Å². The van der Waals surface area contributed by atoms with Crippen LogP contribution in [-0.4, -0.2) is 49.5 Å². The van der Waals surface area contributed by atoms with Crippen molar-refractivity contribution in [1.82, 2.24) is 5.32 Å². The number of fused-ring (bicyclic) bond motifs is 3. The highest BCUT2D eigenvalue weighted by Crippen LogP contribution is 2.41. The lowest BCUT2D eigenvalue weighted by Crippen LogP contribution is -2.40. The van der Waals surface area contributed by atoms with E-state index in [0.717, 1.165) is 12.1 Å². The Balaban J connectivity index is 1.51. The summed E-state index contributed by atoms with van der Waals surface area (Å²) in [5, 5.41) is 2.63. The lowest BCUT2D eigenvalue weighted by molar-refractivity contribution is 0.123. The number of nitrogens with one attached hydrogen (secondary N) is 1. The van der Waals surface area contributed by atoms with Gasteiger partial charge in [0, 0.05) is 0 Å². The predicted octanol–water partition coefficient (Wildman–Crippen LogP) is 2.90. The minimum Gasteiger partial charge on any atom is -0.453 e. The zero-order valence-electron chi connectivity index (χ0n) is 14.2. The molecule has 3 heterocycles. The summed E-state index contributed by atoms with van der Waals surface area (Å²) in [4.78, 5) is 25.3. The number of cyclic esters (lactones) is 1. The Morgan fingerprint density at radius 3 is 2.96 bits per heavy atom. The summed E-state index contributed by atoms with van der Waals surface area (Å²) in [6.07, 6.45) is 2.02. The number of hydrogen-bond donors (Lipinski definition) is 1. The highest BCUT2D eigenvalue weighted by molar-refractivity contribution is 7.99. The Morgan fingerprint density at radius 1 is 1.40 bits per heavy atom. The predicted molar refractivity (Wildman–Crippen MR) is 96.4 cm³/mol. The fourth-order valence-electron chi connectivity index (χ4n) is 4.01. The maximum Gasteiger partial charge on any atom is 0.415 e. The van der Waals surface area contributed by atoms with Gasteiger partial charge in [0.25, 0.3) is 0 Å². The normalized spacial score (nSPS) is 25.3. The van der Waals surface area contributed by atoms with Crippen molar-refractivity contribution in [2.75, 3.05) is 30.1 Å². The number of ether oxygens (including phenoxy) is 2. The maximum atomic E-state index is 12.3. The van der Waals surface area contributed by atoms with Crippen LogP contribution in [-0.2, 0) is 15.9 Å². The molecule has 134 valence electrons. The summed E-state index contributed by atoms with van der Waals surface area (Å²) < 4.78 is 10.0. The van der Waals surface area contributed by atoms with Crippen molar-refractivity contribution in [2.24, 2.45) is 0 Å². The largest absolute Gasteiger partial charge is 0.453 e. The Morgan fingerprint density at radius 2 is 2.20 bits per heavy atom. The van der Waals surface area contributed by atoms with Gasteiger partial charge in [-0.3, -0.25) is 4.90 Å². The molecule has 0 unspecified atom stereocenters. The van der Waals surface area contributed by atoms with Gasteiger partial charge in [0.15, 0.2) is 0 Å². The minimum atomic E-state index is -0.512. The molecule has 0 radical (unpaired) electrons. The van der Waals surface area contributed by atoms with E-state index >= 15 is 0 Å². The molecule has 0 bridgehead atoms. The van der Waals surface area contributed by atoms with Crippen LogP contribution < -0.4 is 10.2 Å². The zero-order valence-corrected chi connectivity index (χ0v) is 15.0. The molecule has 1 N–H and O–H groups in total. The maximum absolute atomic E-state index is 12.3. The number of thioether (sulfide) groups is 1. The van der Waals surface area contributed by atoms with Crippen LogP contribution in [0.25, 0.3) is 0 Å². The number of amides is 2. The first-order chi connectivity index (χ1) is 12.2. The van der Waals surface area contributed by atoms with Gasteiger partial charge in [0.05, 0.1) is 25.4 Å². The second-order valence-corrected chi connectivity index (χ2v) is 7.94. The summed E-state index contributed by atoms with van der Waals surface area (Å²) in [6.45, 7) is 0.264. The molecule has 6 nitrogen and oxygen atoms in total. The number of benzene rings is 1. The average Bonchev–Trinajstić information content (AvgIpc) is 3.17. The first-order valence-electron chi connectivity index (χ1n) is 8.69. The molecule has 4 rings (SSSR count). The number of nitrogens with zero attached hydrogens (tertiary/aromatic N) is 1. The molecule has 1 aromatic carbocycles. The summed E-state index contributed by atoms with van der Waals surface area (Å²) in [5.74, 6) is 3.08. The smallest absolute Gasteiger partial charge is 0.415 e. The number of anilines is 1. The quantitative estimate of drug-likeness (QED) is 0.895. The van der Waals surface area contributed by atoms with Crippen molar-refractivity contribution < 1.29 is 19.1 Å². The standard InChI is InChI=1S/C18H22N2O4S/c1-23-17(21)19-10-16-15-9-13-8-12(11-4-6-25-7-5-11)2-3-14(13)20(15)18(22)24-16/h2-3,8,11,15-16H,4-7,9-10H2,1H3,(H,19,21)/t15-,16-/m0/s1. The fraction of sp³-hybridized carbons (Fsp3) is 0.556. The van der Waals surface area contributed by atoms with E-state index in [1.807, 2.05) is 11.8 Å². The molecule has 2 saturated heterocycles. The van der Waals surface area contributed by atoms with E-state index < -0.39 is 6.09 Å². The number of hydrogen-bond acceptors (Lipinski definition) is 5. The van der Waals surface area contributed by atoms with Gasteiger partial charge in [0.1, 0.15) is 6.10 Å². The molecule has 0 spiro atoms. The third-order valence-corrected chi connectivity index (χ3v) is 6.38.